The van der Waals surface area contributed by atoms with Crippen LogP contribution in [-0.4, -0.2) is 37.6 Å². The van der Waals surface area contributed by atoms with Gasteiger partial charge in [0.1, 0.15) is 18.4 Å². The molecule has 8 heteroatoms. The molecule has 0 saturated carbocycles. The van der Waals surface area contributed by atoms with E-state index in [1.807, 2.05) is 35.1 Å². The molecule has 2 heterocycles. The minimum absolute atomic E-state index is 0.0328. The van der Waals surface area contributed by atoms with Crippen molar-refractivity contribution in [3.8, 4) is 11.4 Å². The molecule has 0 aliphatic heterocycles. The van der Waals surface area contributed by atoms with Gasteiger partial charge < -0.3 is 10.1 Å². The molecule has 3 aromatic rings. The third-order valence-corrected chi connectivity index (χ3v) is 5.59. The summed E-state index contributed by atoms with van der Waals surface area (Å²) >= 11 is 0. The molecule has 0 spiro atoms. The number of aromatic nitrogens is 5. The van der Waals surface area contributed by atoms with Crippen molar-refractivity contribution < 1.29 is 9.53 Å². The lowest BCUT2D eigenvalue weighted by Crippen LogP contribution is -2.36. The van der Waals surface area contributed by atoms with Gasteiger partial charge in [0.25, 0.3) is 0 Å². The Morgan fingerprint density at radius 1 is 1.27 bits per heavy atom. The zero-order valence-corrected chi connectivity index (χ0v) is 17.7. The van der Waals surface area contributed by atoms with E-state index in [1.54, 1.807) is 18.1 Å². The van der Waals surface area contributed by atoms with Gasteiger partial charge in [-0.3, -0.25) is 9.48 Å². The average Bonchev–Trinajstić information content (AvgIpc) is 3.37. The minimum Gasteiger partial charge on any atom is -0.497 e. The number of ether oxygens (including phenoxy) is 1. The van der Waals surface area contributed by atoms with E-state index in [4.69, 9.17) is 4.74 Å². The smallest absolute Gasteiger partial charge is 0.220 e. The van der Waals surface area contributed by atoms with Crippen LogP contribution >= 0.6 is 0 Å². The van der Waals surface area contributed by atoms with Crippen molar-refractivity contribution in [1.82, 2.24) is 29.9 Å². The third-order valence-electron chi connectivity index (χ3n) is 5.59. The number of benzene rings is 1. The standard InChI is InChI=1S/C22H28N6O2/c1-22(2)11-19(26-21(29)5-4-10-27-15-23-14-25-27)18-13-24-28(20(18)12-22)16-6-8-17(30-3)9-7-16/h6-9,13-15,19H,4-5,10-12H2,1-3H3,(H,26,29)/t19-/m1/s1. The highest BCUT2D eigenvalue weighted by Gasteiger charge is 2.35. The molecular weight excluding hydrogens is 380 g/mol. The maximum atomic E-state index is 12.6. The van der Waals surface area contributed by atoms with Crippen LogP contribution in [0.25, 0.3) is 5.69 Å². The molecular formula is C22H28N6O2. The molecule has 30 heavy (non-hydrogen) atoms. The first-order valence-electron chi connectivity index (χ1n) is 10.3. The van der Waals surface area contributed by atoms with Crippen LogP contribution in [0.1, 0.15) is 50.4 Å². The van der Waals surface area contributed by atoms with E-state index in [2.05, 4.69) is 34.3 Å². The second-order valence-corrected chi connectivity index (χ2v) is 8.58. The largest absolute Gasteiger partial charge is 0.497 e. The van der Waals surface area contributed by atoms with Crippen molar-refractivity contribution in [2.45, 2.75) is 52.1 Å². The summed E-state index contributed by atoms with van der Waals surface area (Å²) in [5.41, 5.74) is 3.32. The van der Waals surface area contributed by atoms with Crippen LogP contribution in [-0.2, 0) is 17.8 Å². The molecule has 1 aliphatic carbocycles. The number of carbonyl (C=O) groups excluding carboxylic acids is 1. The molecule has 0 unspecified atom stereocenters. The molecule has 0 radical (unpaired) electrons. The molecule has 0 saturated heterocycles. The van der Waals surface area contributed by atoms with Crippen molar-refractivity contribution in [1.29, 1.82) is 0 Å². The van der Waals surface area contributed by atoms with Gasteiger partial charge in [-0.15, -0.1) is 0 Å². The van der Waals surface area contributed by atoms with E-state index in [9.17, 15) is 4.79 Å². The zero-order valence-electron chi connectivity index (χ0n) is 17.7. The molecule has 2 aromatic heterocycles. The number of rotatable bonds is 7. The van der Waals surface area contributed by atoms with Crippen LogP contribution in [0.4, 0.5) is 0 Å². The van der Waals surface area contributed by atoms with E-state index >= 15 is 0 Å². The average molecular weight is 409 g/mol. The molecule has 1 amide bonds. The van der Waals surface area contributed by atoms with Crippen LogP contribution in [0, 0.1) is 5.41 Å². The van der Waals surface area contributed by atoms with Gasteiger partial charge >= 0.3 is 0 Å². The van der Waals surface area contributed by atoms with E-state index in [0.29, 0.717) is 13.0 Å². The second kappa shape index (κ2) is 8.30. The number of nitrogens with zero attached hydrogens (tertiary/aromatic N) is 5. The van der Waals surface area contributed by atoms with Crippen molar-refractivity contribution in [2.75, 3.05) is 7.11 Å². The Hall–Kier alpha value is -3.16. The highest BCUT2D eigenvalue weighted by molar-refractivity contribution is 5.76. The Labute approximate surface area is 176 Å². The van der Waals surface area contributed by atoms with Crippen LogP contribution < -0.4 is 10.1 Å². The zero-order chi connectivity index (χ0) is 21.1. The maximum absolute atomic E-state index is 12.6. The third kappa shape index (κ3) is 4.37. The first-order valence-corrected chi connectivity index (χ1v) is 10.3. The fourth-order valence-electron chi connectivity index (χ4n) is 4.13. The summed E-state index contributed by atoms with van der Waals surface area (Å²) in [6.07, 6.45) is 8.06. The maximum Gasteiger partial charge on any atom is 0.220 e. The number of amides is 1. The highest BCUT2D eigenvalue weighted by atomic mass is 16.5. The van der Waals surface area contributed by atoms with Gasteiger partial charge in [0, 0.05) is 18.5 Å². The lowest BCUT2D eigenvalue weighted by atomic mass is 9.74. The van der Waals surface area contributed by atoms with Gasteiger partial charge in [0.2, 0.25) is 5.91 Å². The normalized spacial score (nSPS) is 17.4. The van der Waals surface area contributed by atoms with Crippen molar-refractivity contribution in [2.24, 2.45) is 5.41 Å². The quantitative estimate of drug-likeness (QED) is 0.649. The highest BCUT2D eigenvalue weighted by Crippen LogP contribution is 2.41. The van der Waals surface area contributed by atoms with Crippen LogP contribution in [0.5, 0.6) is 5.75 Å². The van der Waals surface area contributed by atoms with E-state index in [1.165, 1.54) is 6.33 Å². The second-order valence-electron chi connectivity index (χ2n) is 8.58. The summed E-state index contributed by atoms with van der Waals surface area (Å²) in [5, 5.41) is 12.0. The summed E-state index contributed by atoms with van der Waals surface area (Å²) in [6, 6.07) is 7.85. The van der Waals surface area contributed by atoms with Crippen LogP contribution in [0.15, 0.2) is 43.1 Å². The van der Waals surface area contributed by atoms with Gasteiger partial charge in [0.05, 0.1) is 30.7 Å². The fourth-order valence-corrected chi connectivity index (χ4v) is 4.13. The fraction of sp³-hybridized carbons (Fsp3) is 0.455. The summed E-state index contributed by atoms with van der Waals surface area (Å²) in [6.45, 7) is 5.17. The Bertz CT molecular complexity index is 991. The Balaban J connectivity index is 1.48. The van der Waals surface area contributed by atoms with E-state index in [-0.39, 0.29) is 17.4 Å². The van der Waals surface area contributed by atoms with Crippen LogP contribution in [0.2, 0.25) is 0 Å². The lowest BCUT2D eigenvalue weighted by molar-refractivity contribution is -0.122. The molecule has 4 rings (SSSR count). The SMILES string of the molecule is COc1ccc(-n2ncc3c2CC(C)(C)C[C@H]3NC(=O)CCCn2cncn2)cc1. The number of carbonyl (C=O) groups is 1. The summed E-state index contributed by atoms with van der Waals surface area (Å²) in [4.78, 5) is 16.5. The minimum atomic E-state index is -0.0328. The molecule has 1 aromatic carbocycles. The van der Waals surface area contributed by atoms with Crippen molar-refractivity contribution >= 4 is 5.91 Å². The first kappa shape index (κ1) is 20.1. The molecule has 8 nitrogen and oxygen atoms in total. The summed E-state index contributed by atoms with van der Waals surface area (Å²) in [7, 11) is 1.66. The van der Waals surface area contributed by atoms with Gasteiger partial charge in [0.15, 0.2) is 0 Å². The Morgan fingerprint density at radius 3 is 2.77 bits per heavy atom. The molecule has 0 fully saturated rings. The summed E-state index contributed by atoms with van der Waals surface area (Å²) < 4.78 is 8.99. The number of hydrogen-bond donors (Lipinski definition) is 1. The van der Waals surface area contributed by atoms with Gasteiger partial charge in [-0.05, 0) is 48.9 Å². The number of aryl methyl sites for hydroxylation is 1. The van der Waals surface area contributed by atoms with Gasteiger partial charge in [-0.2, -0.15) is 10.2 Å². The van der Waals surface area contributed by atoms with Crippen LogP contribution in [0.3, 0.4) is 0 Å². The molecule has 0 bridgehead atoms. The number of methoxy groups -OCH3 is 1. The van der Waals surface area contributed by atoms with Gasteiger partial charge in [-0.1, -0.05) is 13.8 Å². The topological polar surface area (TPSA) is 86.9 Å². The van der Waals surface area contributed by atoms with E-state index in [0.717, 1.165) is 42.0 Å². The first-order chi connectivity index (χ1) is 14.4. The monoisotopic (exact) mass is 408 g/mol. The number of fused-ring (bicyclic) bond motifs is 1. The predicted molar refractivity (Wildman–Crippen MR) is 112 cm³/mol. The Kier molecular flexibility index (Phi) is 5.57. The van der Waals surface area contributed by atoms with E-state index < -0.39 is 0 Å². The lowest BCUT2D eigenvalue weighted by Gasteiger charge is -2.36. The summed E-state index contributed by atoms with van der Waals surface area (Å²) in [5.74, 6) is 0.872. The van der Waals surface area contributed by atoms with Gasteiger partial charge in [-0.25, -0.2) is 9.67 Å². The molecule has 1 N–H and O–H groups in total. The molecule has 1 aliphatic rings. The predicted octanol–water partition coefficient (Wildman–Crippen LogP) is 3.08. The van der Waals surface area contributed by atoms with Crippen molar-refractivity contribution in [3.63, 3.8) is 0 Å². The number of hydrogen-bond acceptors (Lipinski definition) is 5. The molecule has 1 atom stereocenters. The Morgan fingerprint density at radius 2 is 2.07 bits per heavy atom. The number of nitrogens with one attached hydrogen (secondary N) is 1. The van der Waals surface area contributed by atoms with Crippen molar-refractivity contribution in [3.05, 3.63) is 54.4 Å². The molecule has 158 valence electrons.